The Bertz CT molecular complexity index is 709. The van der Waals surface area contributed by atoms with Crippen LogP contribution >= 0.6 is 22.9 Å². The maximum absolute atomic E-state index is 9.30. The van der Waals surface area contributed by atoms with Crippen molar-refractivity contribution in [3.05, 3.63) is 58.1 Å². The molecule has 0 aliphatic rings. The lowest BCUT2D eigenvalue weighted by atomic mass is 10.2. The highest BCUT2D eigenvalue weighted by Crippen LogP contribution is 2.26. The van der Waals surface area contributed by atoms with Crippen LogP contribution in [-0.2, 0) is 13.2 Å². The number of ether oxygens (including phenoxy) is 1. The number of benzene rings is 2. The van der Waals surface area contributed by atoms with Gasteiger partial charge in [0.1, 0.15) is 17.4 Å². The Labute approximate surface area is 125 Å². The van der Waals surface area contributed by atoms with Gasteiger partial charge < -0.3 is 9.84 Å². The van der Waals surface area contributed by atoms with E-state index in [1.54, 1.807) is 29.5 Å². The zero-order valence-electron chi connectivity index (χ0n) is 10.5. The zero-order valence-corrected chi connectivity index (χ0v) is 12.1. The van der Waals surface area contributed by atoms with E-state index in [0.717, 1.165) is 15.2 Å². The Morgan fingerprint density at radius 3 is 2.85 bits per heavy atom. The highest BCUT2D eigenvalue weighted by atomic mass is 35.5. The van der Waals surface area contributed by atoms with Crippen LogP contribution in [0.3, 0.4) is 0 Å². The van der Waals surface area contributed by atoms with E-state index in [2.05, 4.69) is 4.98 Å². The van der Waals surface area contributed by atoms with E-state index >= 15 is 0 Å². The zero-order chi connectivity index (χ0) is 13.9. The molecule has 0 spiro atoms. The van der Waals surface area contributed by atoms with Crippen LogP contribution in [-0.4, -0.2) is 10.1 Å². The van der Waals surface area contributed by atoms with E-state index in [9.17, 15) is 5.11 Å². The van der Waals surface area contributed by atoms with Crippen molar-refractivity contribution in [2.24, 2.45) is 0 Å². The lowest BCUT2D eigenvalue weighted by Crippen LogP contribution is -1.98. The summed E-state index contributed by atoms with van der Waals surface area (Å²) in [6.07, 6.45) is 0. The van der Waals surface area contributed by atoms with Crippen LogP contribution in [0, 0.1) is 0 Å². The summed E-state index contributed by atoms with van der Waals surface area (Å²) in [4.78, 5) is 4.51. The molecular formula is C15H12ClNO2S. The van der Waals surface area contributed by atoms with Crippen molar-refractivity contribution in [3.63, 3.8) is 0 Å². The van der Waals surface area contributed by atoms with E-state index in [0.29, 0.717) is 22.9 Å². The van der Waals surface area contributed by atoms with Crippen molar-refractivity contribution in [1.29, 1.82) is 0 Å². The number of para-hydroxylation sites is 1. The summed E-state index contributed by atoms with van der Waals surface area (Å²) in [5.74, 6) is 0.635. The smallest absolute Gasteiger partial charge is 0.140 e. The Hall–Kier alpha value is -1.62. The average Bonchev–Trinajstić information content (AvgIpc) is 2.88. The van der Waals surface area contributed by atoms with Gasteiger partial charge in [-0.25, -0.2) is 4.98 Å². The molecule has 20 heavy (non-hydrogen) atoms. The summed E-state index contributed by atoms with van der Waals surface area (Å²) in [6, 6.07) is 13.2. The maximum Gasteiger partial charge on any atom is 0.140 e. The number of hydrogen-bond donors (Lipinski definition) is 1. The number of halogens is 1. The second kappa shape index (κ2) is 5.79. The van der Waals surface area contributed by atoms with Gasteiger partial charge in [-0.2, -0.15) is 0 Å². The number of aliphatic hydroxyl groups is 1. The SMILES string of the molecule is OCc1cc(Cl)ccc1OCc1nc2ccccc2s1. The minimum absolute atomic E-state index is 0.101. The predicted octanol–water partition coefficient (Wildman–Crippen LogP) is 4.02. The van der Waals surface area contributed by atoms with Crippen LogP contribution in [0.25, 0.3) is 10.2 Å². The third kappa shape index (κ3) is 2.77. The number of hydrogen-bond acceptors (Lipinski definition) is 4. The topological polar surface area (TPSA) is 42.4 Å². The lowest BCUT2D eigenvalue weighted by Gasteiger charge is -2.08. The fraction of sp³-hybridized carbons (Fsp3) is 0.133. The fourth-order valence-electron chi connectivity index (χ4n) is 1.93. The standard InChI is InChI=1S/C15H12ClNO2S/c16-11-5-6-13(10(7-11)8-18)19-9-15-17-12-3-1-2-4-14(12)20-15/h1-7,18H,8-9H2. The van der Waals surface area contributed by atoms with Crippen molar-refractivity contribution in [1.82, 2.24) is 4.98 Å². The highest BCUT2D eigenvalue weighted by molar-refractivity contribution is 7.18. The molecule has 1 aromatic heterocycles. The number of thiazole rings is 1. The molecule has 3 nitrogen and oxygen atoms in total. The van der Waals surface area contributed by atoms with Crippen molar-refractivity contribution in [3.8, 4) is 5.75 Å². The summed E-state index contributed by atoms with van der Waals surface area (Å²) in [5, 5.41) is 10.8. The first kappa shape index (κ1) is 13.4. The number of nitrogens with zero attached hydrogens (tertiary/aromatic N) is 1. The molecule has 0 atom stereocenters. The number of aromatic nitrogens is 1. The second-order valence-electron chi connectivity index (χ2n) is 4.27. The minimum Gasteiger partial charge on any atom is -0.486 e. The molecule has 0 saturated carbocycles. The molecule has 2 aromatic carbocycles. The third-order valence-electron chi connectivity index (χ3n) is 2.88. The quantitative estimate of drug-likeness (QED) is 0.791. The van der Waals surface area contributed by atoms with Crippen LogP contribution in [0.1, 0.15) is 10.6 Å². The number of aliphatic hydroxyl groups excluding tert-OH is 1. The van der Waals surface area contributed by atoms with Gasteiger partial charge in [0, 0.05) is 10.6 Å². The summed E-state index contributed by atoms with van der Waals surface area (Å²) in [6.45, 7) is 0.281. The maximum atomic E-state index is 9.30. The van der Waals surface area contributed by atoms with Crippen molar-refractivity contribution < 1.29 is 9.84 Å². The molecule has 0 fully saturated rings. The second-order valence-corrected chi connectivity index (χ2v) is 5.83. The highest BCUT2D eigenvalue weighted by Gasteiger charge is 2.07. The van der Waals surface area contributed by atoms with Crippen LogP contribution in [0.5, 0.6) is 5.75 Å². The van der Waals surface area contributed by atoms with E-state index in [4.69, 9.17) is 16.3 Å². The van der Waals surface area contributed by atoms with Crippen molar-refractivity contribution in [2.45, 2.75) is 13.2 Å². The molecule has 5 heteroatoms. The van der Waals surface area contributed by atoms with E-state index in [1.165, 1.54) is 0 Å². The van der Waals surface area contributed by atoms with Crippen LogP contribution in [0.2, 0.25) is 5.02 Å². The predicted molar refractivity (Wildman–Crippen MR) is 81.3 cm³/mol. The van der Waals surface area contributed by atoms with Gasteiger partial charge in [-0.15, -0.1) is 11.3 Å². The monoisotopic (exact) mass is 305 g/mol. The number of fused-ring (bicyclic) bond motifs is 1. The van der Waals surface area contributed by atoms with Gasteiger partial charge in [0.2, 0.25) is 0 Å². The van der Waals surface area contributed by atoms with Crippen LogP contribution in [0.15, 0.2) is 42.5 Å². The van der Waals surface area contributed by atoms with Crippen molar-refractivity contribution >= 4 is 33.2 Å². The van der Waals surface area contributed by atoms with Gasteiger partial charge in [-0.1, -0.05) is 23.7 Å². The molecule has 0 unspecified atom stereocenters. The Kier molecular flexibility index (Phi) is 3.87. The Morgan fingerprint density at radius 2 is 2.05 bits per heavy atom. The largest absolute Gasteiger partial charge is 0.486 e. The summed E-state index contributed by atoms with van der Waals surface area (Å²) < 4.78 is 6.87. The van der Waals surface area contributed by atoms with Gasteiger partial charge >= 0.3 is 0 Å². The molecular weight excluding hydrogens is 294 g/mol. The number of rotatable bonds is 4. The van der Waals surface area contributed by atoms with Crippen LogP contribution in [0.4, 0.5) is 0 Å². The van der Waals surface area contributed by atoms with Gasteiger partial charge in [-0.05, 0) is 30.3 Å². The average molecular weight is 306 g/mol. The van der Waals surface area contributed by atoms with E-state index in [-0.39, 0.29) is 6.61 Å². The van der Waals surface area contributed by atoms with E-state index < -0.39 is 0 Å². The summed E-state index contributed by atoms with van der Waals surface area (Å²) >= 11 is 7.50. The first-order valence-electron chi connectivity index (χ1n) is 6.13. The Balaban J connectivity index is 1.79. The van der Waals surface area contributed by atoms with Gasteiger partial charge in [0.25, 0.3) is 0 Å². The normalized spacial score (nSPS) is 10.9. The molecule has 0 aliphatic heterocycles. The van der Waals surface area contributed by atoms with Gasteiger partial charge in [0.15, 0.2) is 0 Å². The van der Waals surface area contributed by atoms with E-state index in [1.807, 2.05) is 24.3 Å². The molecule has 0 bridgehead atoms. The molecule has 0 amide bonds. The first-order valence-corrected chi connectivity index (χ1v) is 7.32. The fourth-order valence-corrected chi connectivity index (χ4v) is 3.01. The molecule has 1 N–H and O–H groups in total. The minimum atomic E-state index is -0.101. The molecule has 3 aromatic rings. The van der Waals surface area contributed by atoms with Crippen LogP contribution < -0.4 is 4.74 Å². The van der Waals surface area contributed by atoms with Crippen molar-refractivity contribution in [2.75, 3.05) is 0 Å². The molecule has 102 valence electrons. The third-order valence-corrected chi connectivity index (χ3v) is 4.13. The Morgan fingerprint density at radius 1 is 1.20 bits per heavy atom. The lowest BCUT2D eigenvalue weighted by molar-refractivity contribution is 0.259. The molecule has 0 aliphatic carbocycles. The van der Waals surface area contributed by atoms with Gasteiger partial charge in [-0.3, -0.25) is 0 Å². The molecule has 3 rings (SSSR count). The summed E-state index contributed by atoms with van der Waals surface area (Å²) in [7, 11) is 0. The van der Waals surface area contributed by atoms with Gasteiger partial charge in [0.05, 0.1) is 16.8 Å². The summed E-state index contributed by atoms with van der Waals surface area (Å²) in [5.41, 5.74) is 1.66. The molecule has 0 radical (unpaired) electrons. The molecule has 0 saturated heterocycles. The first-order chi connectivity index (χ1) is 9.76. The molecule has 1 heterocycles.